The molecular formula is C11H20N2O5S. The van der Waals surface area contributed by atoms with Crippen LogP contribution >= 0.6 is 0 Å². The number of carbonyl (C=O) groups excluding carboxylic acids is 1. The Morgan fingerprint density at radius 2 is 1.79 bits per heavy atom. The molecule has 0 saturated carbocycles. The van der Waals surface area contributed by atoms with Crippen LogP contribution in [0.4, 0.5) is 0 Å². The molecule has 1 fully saturated rings. The van der Waals surface area contributed by atoms with Crippen LogP contribution in [0.5, 0.6) is 0 Å². The van der Waals surface area contributed by atoms with Gasteiger partial charge in [0.25, 0.3) is 0 Å². The van der Waals surface area contributed by atoms with Crippen molar-refractivity contribution in [3.63, 3.8) is 0 Å². The molecule has 1 atom stereocenters. The number of carboxylic acids is 1. The van der Waals surface area contributed by atoms with Gasteiger partial charge in [0.2, 0.25) is 15.9 Å². The molecule has 1 unspecified atom stereocenters. The number of carbonyl (C=O) groups is 2. The molecule has 19 heavy (non-hydrogen) atoms. The largest absolute Gasteiger partial charge is 0.480 e. The van der Waals surface area contributed by atoms with E-state index in [2.05, 4.69) is 0 Å². The fourth-order valence-electron chi connectivity index (χ4n) is 2.08. The summed E-state index contributed by atoms with van der Waals surface area (Å²) in [5.41, 5.74) is 0. The van der Waals surface area contributed by atoms with Gasteiger partial charge in [-0.2, -0.15) is 0 Å². The number of aliphatic carboxylic acids is 1. The minimum atomic E-state index is -3.21. The van der Waals surface area contributed by atoms with Gasteiger partial charge in [-0.15, -0.1) is 0 Å². The van der Waals surface area contributed by atoms with Crippen LogP contribution in [-0.4, -0.2) is 67.0 Å². The van der Waals surface area contributed by atoms with Crippen molar-refractivity contribution in [1.82, 2.24) is 9.21 Å². The number of sulfonamides is 1. The summed E-state index contributed by atoms with van der Waals surface area (Å²) in [7, 11) is -1.75. The van der Waals surface area contributed by atoms with Crippen molar-refractivity contribution >= 4 is 21.9 Å². The highest BCUT2D eigenvalue weighted by atomic mass is 32.2. The highest BCUT2D eigenvalue weighted by molar-refractivity contribution is 7.88. The zero-order valence-corrected chi connectivity index (χ0v) is 12.2. The average Bonchev–Trinajstić information content (AvgIpc) is 2.35. The molecule has 1 N–H and O–H groups in total. The molecule has 0 aliphatic carbocycles. The summed E-state index contributed by atoms with van der Waals surface area (Å²) in [6, 6.07) is -0.875. The van der Waals surface area contributed by atoms with Crippen LogP contribution in [0.15, 0.2) is 0 Å². The van der Waals surface area contributed by atoms with E-state index < -0.39 is 22.0 Å². The molecule has 1 rings (SSSR count). The fraction of sp³-hybridized carbons (Fsp3) is 0.818. The van der Waals surface area contributed by atoms with Crippen LogP contribution in [0.2, 0.25) is 0 Å². The van der Waals surface area contributed by atoms with Gasteiger partial charge >= 0.3 is 5.97 Å². The third kappa shape index (κ3) is 3.90. The molecule has 1 aliphatic heterocycles. The summed E-state index contributed by atoms with van der Waals surface area (Å²) in [4.78, 5) is 24.1. The summed E-state index contributed by atoms with van der Waals surface area (Å²) < 4.78 is 24.0. The summed E-state index contributed by atoms with van der Waals surface area (Å²) >= 11 is 0. The molecule has 0 radical (unpaired) electrons. The highest BCUT2D eigenvalue weighted by Crippen LogP contribution is 2.21. The van der Waals surface area contributed by atoms with Crippen LogP contribution in [0, 0.1) is 5.92 Å². The maximum absolute atomic E-state index is 12.1. The average molecular weight is 292 g/mol. The lowest BCUT2D eigenvalue weighted by Gasteiger charge is -2.32. The molecule has 0 bridgehead atoms. The molecule has 0 aromatic carbocycles. The van der Waals surface area contributed by atoms with Gasteiger partial charge < -0.3 is 10.0 Å². The second kappa shape index (κ2) is 5.87. The first-order valence-electron chi connectivity index (χ1n) is 6.09. The predicted octanol–water partition coefficient (Wildman–Crippen LogP) is -0.410. The molecule has 110 valence electrons. The van der Waals surface area contributed by atoms with E-state index in [0.29, 0.717) is 25.9 Å². The first-order chi connectivity index (χ1) is 8.64. The van der Waals surface area contributed by atoms with Crippen molar-refractivity contribution in [3.05, 3.63) is 0 Å². The SMILES string of the molecule is CC(C(=O)O)N(C)C(=O)C1CCN(S(C)(=O)=O)CC1. The predicted molar refractivity (Wildman–Crippen MR) is 69.0 cm³/mol. The molecule has 0 spiro atoms. The summed E-state index contributed by atoms with van der Waals surface area (Å²) in [5, 5.41) is 8.87. The van der Waals surface area contributed by atoms with E-state index in [1.807, 2.05) is 0 Å². The Morgan fingerprint density at radius 1 is 1.32 bits per heavy atom. The minimum Gasteiger partial charge on any atom is -0.480 e. The Bertz CT molecular complexity index is 454. The topological polar surface area (TPSA) is 95.0 Å². The highest BCUT2D eigenvalue weighted by Gasteiger charge is 2.32. The molecule has 1 saturated heterocycles. The summed E-state index contributed by atoms with van der Waals surface area (Å²) in [6.07, 6.45) is 2.01. The first kappa shape index (κ1) is 15.9. The Morgan fingerprint density at radius 3 is 2.16 bits per heavy atom. The normalized spacial score (nSPS) is 19.9. The first-order valence-corrected chi connectivity index (χ1v) is 7.94. The van der Waals surface area contributed by atoms with Crippen molar-refractivity contribution in [2.75, 3.05) is 26.4 Å². The number of nitrogens with zero attached hydrogens (tertiary/aromatic N) is 2. The van der Waals surface area contributed by atoms with Gasteiger partial charge in [0.15, 0.2) is 0 Å². The molecule has 0 aromatic rings. The lowest BCUT2D eigenvalue weighted by Crippen LogP contribution is -2.47. The number of hydrogen-bond donors (Lipinski definition) is 1. The van der Waals surface area contributed by atoms with Crippen LogP contribution in [0.3, 0.4) is 0 Å². The Labute approximate surface area is 113 Å². The van der Waals surface area contributed by atoms with Gasteiger partial charge in [-0.25, -0.2) is 17.5 Å². The van der Waals surface area contributed by atoms with Crippen LogP contribution < -0.4 is 0 Å². The molecule has 1 aliphatic rings. The zero-order valence-electron chi connectivity index (χ0n) is 11.4. The number of piperidine rings is 1. The second-order valence-corrected chi connectivity index (χ2v) is 6.88. The molecule has 1 amide bonds. The van der Waals surface area contributed by atoms with E-state index in [4.69, 9.17) is 5.11 Å². The van der Waals surface area contributed by atoms with Crippen molar-refractivity contribution in [2.24, 2.45) is 5.92 Å². The standard InChI is InChI=1S/C11H20N2O5S/c1-8(11(15)16)12(2)10(14)9-4-6-13(7-5-9)19(3,17)18/h8-9H,4-7H2,1-3H3,(H,15,16). The maximum Gasteiger partial charge on any atom is 0.326 e. The van der Waals surface area contributed by atoms with Gasteiger partial charge in [0.1, 0.15) is 6.04 Å². The monoisotopic (exact) mass is 292 g/mol. The number of hydrogen-bond acceptors (Lipinski definition) is 4. The Kier molecular flexibility index (Phi) is 4.92. The number of rotatable bonds is 4. The number of carboxylic acid groups (broad SMARTS) is 1. The molecule has 0 aromatic heterocycles. The second-order valence-electron chi connectivity index (χ2n) is 4.90. The van der Waals surface area contributed by atoms with E-state index in [-0.39, 0.29) is 11.8 Å². The van der Waals surface area contributed by atoms with E-state index in [0.717, 1.165) is 6.26 Å². The van der Waals surface area contributed by atoms with Crippen molar-refractivity contribution in [3.8, 4) is 0 Å². The Balaban J connectivity index is 2.61. The minimum absolute atomic E-state index is 0.233. The molecular weight excluding hydrogens is 272 g/mol. The van der Waals surface area contributed by atoms with E-state index in [1.54, 1.807) is 0 Å². The van der Waals surface area contributed by atoms with E-state index in [1.165, 1.54) is 23.2 Å². The van der Waals surface area contributed by atoms with Gasteiger partial charge in [0, 0.05) is 26.1 Å². The molecule has 7 nitrogen and oxygen atoms in total. The van der Waals surface area contributed by atoms with Crippen molar-refractivity contribution in [2.45, 2.75) is 25.8 Å². The van der Waals surface area contributed by atoms with Crippen LogP contribution in [0.25, 0.3) is 0 Å². The van der Waals surface area contributed by atoms with Crippen LogP contribution in [0.1, 0.15) is 19.8 Å². The van der Waals surface area contributed by atoms with Gasteiger partial charge in [-0.3, -0.25) is 4.79 Å². The van der Waals surface area contributed by atoms with Crippen LogP contribution in [-0.2, 0) is 19.6 Å². The zero-order chi connectivity index (χ0) is 14.8. The summed E-state index contributed by atoms with van der Waals surface area (Å²) in [6.45, 7) is 2.07. The summed E-state index contributed by atoms with van der Waals surface area (Å²) in [5.74, 6) is -1.59. The third-order valence-electron chi connectivity index (χ3n) is 3.56. The smallest absolute Gasteiger partial charge is 0.326 e. The number of amides is 1. The van der Waals surface area contributed by atoms with E-state index >= 15 is 0 Å². The van der Waals surface area contributed by atoms with Gasteiger partial charge in [-0.1, -0.05) is 0 Å². The van der Waals surface area contributed by atoms with Crippen molar-refractivity contribution in [1.29, 1.82) is 0 Å². The quantitative estimate of drug-likeness (QED) is 0.760. The molecule has 1 heterocycles. The third-order valence-corrected chi connectivity index (χ3v) is 4.86. The molecule has 8 heteroatoms. The van der Waals surface area contributed by atoms with Gasteiger partial charge in [0.05, 0.1) is 6.26 Å². The fourth-order valence-corrected chi connectivity index (χ4v) is 2.95. The number of likely N-dealkylation sites (N-methyl/N-ethyl adjacent to an activating group) is 1. The van der Waals surface area contributed by atoms with Crippen molar-refractivity contribution < 1.29 is 23.1 Å². The van der Waals surface area contributed by atoms with Gasteiger partial charge in [-0.05, 0) is 19.8 Å². The Hall–Kier alpha value is -1.15. The maximum atomic E-state index is 12.1. The lowest BCUT2D eigenvalue weighted by molar-refractivity contribution is -0.150. The lowest BCUT2D eigenvalue weighted by atomic mass is 9.96. The van der Waals surface area contributed by atoms with E-state index in [9.17, 15) is 18.0 Å².